The van der Waals surface area contributed by atoms with Gasteiger partial charge in [-0.05, 0) is 49.1 Å². The number of carbonyl (C=O) groups excluding carboxylic acids is 1. The van der Waals surface area contributed by atoms with E-state index in [0.717, 1.165) is 34.4 Å². The Morgan fingerprint density at radius 1 is 1.23 bits per heavy atom. The second-order valence-corrected chi connectivity index (χ2v) is 8.72. The van der Waals surface area contributed by atoms with Crippen LogP contribution in [0.25, 0.3) is 21.3 Å². The van der Waals surface area contributed by atoms with Crippen molar-refractivity contribution in [2.75, 3.05) is 5.32 Å². The maximum atomic E-state index is 13.4. The van der Waals surface area contributed by atoms with E-state index < -0.39 is 6.04 Å². The fourth-order valence-corrected chi connectivity index (χ4v) is 4.65. The molecule has 2 heterocycles. The summed E-state index contributed by atoms with van der Waals surface area (Å²) in [5.41, 5.74) is 4.30. The highest BCUT2D eigenvalue weighted by molar-refractivity contribution is 7.17. The smallest absolute Gasteiger partial charge is 0.263 e. The molecule has 7 heteroatoms. The summed E-state index contributed by atoms with van der Waals surface area (Å²) in [6.07, 6.45) is 2.26. The minimum absolute atomic E-state index is 0.237. The Labute approximate surface area is 189 Å². The Hall–Kier alpha value is -2.96. The number of hydrogen-bond acceptors (Lipinski definition) is 4. The first-order valence-electron chi connectivity index (χ1n) is 10.0. The topological polar surface area (TPSA) is 64.0 Å². The lowest BCUT2D eigenvalue weighted by molar-refractivity contribution is -0.118. The molecule has 1 N–H and O–H groups in total. The average molecular weight is 452 g/mol. The highest BCUT2D eigenvalue weighted by Crippen LogP contribution is 2.31. The summed E-state index contributed by atoms with van der Waals surface area (Å²) in [6.45, 7) is 5.72. The third-order valence-electron chi connectivity index (χ3n) is 5.46. The second-order valence-electron chi connectivity index (χ2n) is 7.42. The SMILES string of the molecule is CCc1cccc(C)c1NC(=O)C(C)n1cnc2scc(-c3ccc(Cl)cc3)c2c1=O. The Bertz CT molecular complexity index is 1330. The largest absolute Gasteiger partial charge is 0.324 e. The molecule has 31 heavy (non-hydrogen) atoms. The van der Waals surface area contributed by atoms with Gasteiger partial charge in [-0.2, -0.15) is 0 Å². The number of amides is 1. The lowest BCUT2D eigenvalue weighted by Crippen LogP contribution is -2.32. The van der Waals surface area contributed by atoms with Crippen molar-refractivity contribution in [3.05, 3.63) is 80.7 Å². The van der Waals surface area contributed by atoms with E-state index in [1.54, 1.807) is 19.1 Å². The second kappa shape index (κ2) is 8.65. The number of rotatable bonds is 5. The van der Waals surface area contributed by atoms with Gasteiger partial charge in [0.2, 0.25) is 5.91 Å². The molecule has 4 rings (SSSR count). The van der Waals surface area contributed by atoms with Crippen molar-refractivity contribution in [1.82, 2.24) is 9.55 Å². The fourth-order valence-electron chi connectivity index (χ4n) is 3.62. The van der Waals surface area contributed by atoms with Crippen LogP contribution in [0, 0.1) is 6.92 Å². The molecule has 0 spiro atoms. The minimum Gasteiger partial charge on any atom is -0.324 e. The van der Waals surface area contributed by atoms with E-state index in [-0.39, 0.29) is 11.5 Å². The van der Waals surface area contributed by atoms with Crippen LogP contribution in [0.4, 0.5) is 5.69 Å². The van der Waals surface area contributed by atoms with Crippen LogP contribution in [0.15, 0.2) is 59.0 Å². The van der Waals surface area contributed by atoms with Crippen LogP contribution in [0.5, 0.6) is 0 Å². The molecule has 0 aliphatic rings. The normalized spacial score (nSPS) is 12.1. The van der Waals surface area contributed by atoms with E-state index in [2.05, 4.69) is 10.3 Å². The first kappa shape index (κ1) is 21.3. The van der Waals surface area contributed by atoms with E-state index in [9.17, 15) is 9.59 Å². The molecule has 0 aliphatic heterocycles. The molecule has 2 aromatic heterocycles. The molecule has 0 bridgehead atoms. The van der Waals surface area contributed by atoms with E-state index in [1.807, 2.05) is 49.6 Å². The zero-order valence-electron chi connectivity index (χ0n) is 17.5. The number of hydrogen-bond donors (Lipinski definition) is 1. The predicted molar refractivity (Wildman–Crippen MR) is 128 cm³/mol. The average Bonchev–Trinajstić information content (AvgIpc) is 3.20. The van der Waals surface area contributed by atoms with Gasteiger partial charge < -0.3 is 5.32 Å². The standard InChI is InChI=1S/C24H22ClN3O2S/c1-4-16-7-5-6-14(2)21(16)27-22(29)15(3)28-13-26-23-20(24(28)30)19(12-31-23)17-8-10-18(25)11-9-17/h5-13,15H,4H2,1-3H3,(H,27,29). The van der Waals surface area contributed by atoms with Crippen LogP contribution in [-0.4, -0.2) is 15.5 Å². The summed E-state index contributed by atoms with van der Waals surface area (Å²) in [5, 5.41) is 6.07. The highest BCUT2D eigenvalue weighted by Gasteiger charge is 2.21. The van der Waals surface area contributed by atoms with Gasteiger partial charge in [0.1, 0.15) is 10.9 Å². The summed E-state index contributed by atoms with van der Waals surface area (Å²) >= 11 is 7.41. The van der Waals surface area contributed by atoms with Crippen molar-refractivity contribution in [3.63, 3.8) is 0 Å². The highest BCUT2D eigenvalue weighted by atomic mass is 35.5. The van der Waals surface area contributed by atoms with Crippen LogP contribution < -0.4 is 10.9 Å². The fraction of sp³-hybridized carbons (Fsp3) is 0.208. The van der Waals surface area contributed by atoms with E-state index in [0.29, 0.717) is 15.2 Å². The van der Waals surface area contributed by atoms with Gasteiger partial charge in [-0.25, -0.2) is 4.98 Å². The van der Waals surface area contributed by atoms with Gasteiger partial charge >= 0.3 is 0 Å². The molecule has 0 saturated heterocycles. The van der Waals surface area contributed by atoms with Gasteiger partial charge in [0, 0.05) is 21.7 Å². The van der Waals surface area contributed by atoms with Crippen LogP contribution in [0.2, 0.25) is 5.02 Å². The third-order valence-corrected chi connectivity index (χ3v) is 6.60. The lowest BCUT2D eigenvalue weighted by Gasteiger charge is -2.18. The molecule has 1 amide bonds. The Kier molecular flexibility index (Phi) is 5.94. The number of benzene rings is 2. The van der Waals surface area contributed by atoms with E-state index >= 15 is 0 Å². The van der Waals surface area contributed by atoms with Gasteiger partial charge in [-0.3, -0.25) is 14.2 Å². The van der Waals surface area contributed by atoms with Gasteiger partial charge in [0.25, 0.3) is 5.56 Å². The predicted octanol–water partition coefficient (Wildman–Crippen LogP) is 5.85. The molecular weight excluding hydrogens is 430 g/mol. The maximum Gasteiger partial charge on any atom is 0.263 e. The quantitative estimate of drug-likeness (QED) is 0.414. The molecule has 0 aliphatic carbocycles. The first-order valence-corrected chi connectivity index (χ1v) is 11.3. The van der Waals surface area contributed by atoms with Crippen LogP contribution in [-0.2, 0) is 11.2 Å². The molecule has 1 unspecified atom stereocenters. The molecule has 5 nitrogen and oxygen atoms in total. The van der Waals surface area contributed by atoms with Crippen molar-refractivity contribution in [2.24, 2.45) is 0 Å². The number of thiophene rings is 1. The molecule has 158 valence electrons. The molecular formula is C24H22ClN3O2S. The number of para-hydroxylation sites is 1. The number of carbonyl (C=O) groups is 1. The number of anilines is 1. The molecule has 0 radical (unpaired) electrons. The number of nitrogens with zero attached hydrogens (tertiary/aromatic N) is 2. The van der Waals surface area contributed by atoms with Gasteiger partial charge in [-0.15, -0.1) is 11.3 Å². The molecule has 4 aromatic rings. The van der Waals surface area contributed by atoms with E-state index in [1.165, 1.54) is 22.2 Å². The number of aryl methyl sites for hydroxylation is 2. The van der Waals surface area contributed by atoms with Crippen molar-refractivity contribution in [1.29, 1.82) is 0 Å². The van der Waals surface area contributed by atoms with Crippen molar-refractivity contribution >= 4 is 44.7 Å². The van der Waals surface area contributed by atoms with Crippen molar-refractivity contribution in [2.45, 2.75) is 33.2 Å². The van der Waals surface area contributed by atoms with Crippen molar-refractivity contribution in [3.8, 4) is 11.1 Å². The number of fused-ring (bicyclic) bond motifs is 1. The Morgan fingerprint density at radius 2 is 1.97 bits per heavy atom. The minimum atomic E-state index is -0.716. The van der Waals surface area contributed by atoms with Gasteiger partial charge in [-0.1, -0.05) is 48.9 Å². The summed E-state index contributed by atoms with van der Waals surface area (Å²) in [5.74, 6) is -0.254. The summed E-state index contributed by atoms with van der Waals surface area (Å²) in [7, 11) is 0. The zero-order chi connectivity index (χ0) is 22.1. The molecule has 2 aromatic carbocycles. The number of halogens is 1. The molecule has 0 fully saturated rings. The maximum absolute atomic E-state index is 13.4. The summed E-state index contributed by atoms with van der Waals surface area (Å²) < 4.78 is 1.40. The van der Waals surface area contributed by atoms with Gasteiger partial charge in [0.05, 0.1) is 11.7 Å². The lowest BCUT2D eigenvalue weighted by atomic mass is 10.1. The number of aromatic nitrogens is 2. The van der Waals surface area contributed by atoms with E-state index in [4.69, 9.17) is 11.6 Å². The first-order chi connectivity index (χ1) is 14.9. The number of nitrogens with one attached hydrogen (secondary N) is 1. The monoisotopic (exact) mass is 451 g/mol. The third kappa shape index (κ3) is 4.01. The summed E-state index contributed by atoms with van der Waals surface area (Å²) in [4.78, 5) is 31.5. The molecule has 0 saturated carbocycles. The Balaban J connectivity index is 1.72. The van der Waals surface area contributed by atoms with Crippen LogP contribution >= 0.6 is 22.9 Å². The van der Waals surface area contributed by atoms with Crippen molar-refractivity contribution < 1.29 is 4.79 Å². The molecule has 1 atom stereocenters. The zero-order valence-corrected chi connectivity index (χ0v) is 19.1. The van der Waals surface area contributed by atoms with Crippen LogP contribution in [0.1, 0.15) is 31.0 Å². The Morgan fingerprint density at radius 3 is 2.68 bits per heavy atom. The van der Waals surface area contributed by atoms with Gasteiger partial charge in [0.15, 0.2) is 0 Å². The summed E-state index contributed by atoms with van der Waals surface area (Å²) in [6, 6.07) is 12.6. The van der Waals surface area contributed by atoms with Crippen LogP contribution in [0.3, 0.4) is 0 Å².